The maximum atomic E-state index is 12.9. The van der Waals surface area contributed by atoms with Crippen molar-refractivity contribution in [3.63, 3.8) is 0 Å². The van der Waals surface area contributed by atoms with Crippen LogP contribution < -0.4 is 5.63 Å². The van der Waals surface area contributed by atoms with Gasteiger partial charge in [-0.15, -0.1) is 0 Å². The highest BCUT2D eigenvalue weighted by molar-refractivity contribution is 7.99. The van der Waals surface area contributed by atoms with Gasteiger partial charge in [0.2, 0.25) is 0 Å². The lowest BCUT2D eigenvalue weighted by Gasteiger charge is -2.35. The Balaban J connectivity index is 1.73. The van der Waals surface area contributed by atoms with Crippen LogP contribution >= 0.6 is 11.8 Å². The fraction of sp³-hybridized carbons (Fsp3) is 0.647. The molecule has 1 atom stereocenters. The molecule has 6 heteroatoms. The van der Waals surface area contributed by atoms with Crippen LogP contribution in [0.1, 0.15) is 36.0 Å². The normalized spacial score (nSPS) is 23.5. The molecule has 3 heterocycles. The van der Waals surface area contributed by atoms with E-state index in [-0.39, 0.29) is 11.9 Å². The van der Waals surface area contributed by atoms with Crippen LogP contribution in [0.3, 0.4) is 0 Å². The third-order valence-electron chi connectivity index (χ3n) is 4.57. The van der Waals surface area contributed by atoms with E-state index in [9.17, 15) is 9.59 Å². The Morgan fingerprint density at radius 1 is 1.17 bits per heavy atom. The fourth-order valence-corrected chi connectivity index (χ4v) is 4.39. The number of carbonyl (C=O) groups is 1. The summed E-state index contributed by atoms with van der Waals surface area (Å²) in [7, 11) is 0. The van der Waals surface area contributed by atoms with Gasteiger partial charge >= 0.3 is 5.63 Å². The van der Waals surface area contributed by atoms with Gasteiger partial charge in [-0.2, -0.15) is 11.8 Å². The Morgan fingerprint density at radius 2 is 2.00 bits per heavy atom. The first-order chi connectivity index (χ1) is 11.2. The summed E-state index contributed by atoms with van der Waals surface area (Å²) in [4.78, 5) is 28.4. The summed E-state index contributed by atoms with van der Waals surface area (Å²) < 4.78 is 4.87. The Bertz CT molecular complexity index is 563. The average molecular weight is 336 g/mol. The van der Waals surface area contributed by atoms with E-state index in [0.717, 1.165) is 44.1 Å². The molecule has 2 aliphatic rings. The second-order valence-electron chi connectivity index (χ2n) is 6.29. The van der Waals surface area contributed by atoms with Gasteiger partial charge in [0.1, 0.15) is 6.26 Å². The monoisotopic (exact) mass is 336 g/mol. The second-order valence-corrected chi connectivity index (χ2v) is 7.44. The lowest BCUT2D eigenvalue weighted by molar-refractivity contribution is 0.0643. The van der Waals surface area contributed by atoms with Gasteiger partial charge in [-0.05, 0) is 44.2 Å². The molecule has 0 saturated carbocycles. The summed E-state index contributed by atoms with van der Waals surface area (Å²) in [5, 5.41) is 0. The molecule has 126 valence electrons. The zero-order valence-electron chi connectivity index (χ0n) is 13.4. The maximum Gasteiger partial charge on any atom is 0.335 e. The highest BCUT2D eigenvalue weighted by Crippen LogP contribution is 2.21. The van der Waals surface area contributed by atoms with Crippen LogP contribution in [0.4, 0.5) is 0 Å². The third kappa shape index (κ3) is 4.38. The van der Waals surface area contributed by atoms with Crippen molar-refractivity contribution in [2.24, 2.45) is 0 Å². The van der Waals surface area contributed by atoms with E-state index in [1.807, 2.05) is 16.7 Å². The number of likely N-dealkylation sites (tertiary alicyclic amines) is 1. The molecule has 1 unspecified atom stereocenters. The van der Waals surface area contributed by atoms with E-state index in [2.05, 4.69) is 4.90 Å². The zero-order chi connectivity index (χ0) is 16.1. The largest absolute Gasteiger partial charge is 0.430 e. The summed E-state index contributed by atoms with van der Waals surface area (Å²) >= 11 is 1.94. The van der Waals surface area contributed by atoms with E-state index >= 15 is 0 Å². The minimum absolute atomic E-state index is 0.0155. The quantitative estimate of drug-likeness (QED) is 0.846. The molecule has 1 aromatic heterocycles. The van der Waals surface area contributed by atoms with Crippen LogP contribution in [0.25, 0.3) is 0 Å². The van der Waals surface area contributed by atoms with Gasteiger partial charge in [0.25, 0.3) is 5.91 Å². The Kier molecular flexibility index (Phi) is 5.78. The number of amides is 1. The van der Waals surface area contributed by atoms with Gasteiger partial charge in [-0.1, -0.05) is 6.42 Å². The van der Waals surface area contributed by atoms with Crippen LogP contribution in [0.15, 0.2) is 27.6 Å². The molecule has 1 aromatic rings. The van der Waals surface area contributed by atoms with Gasteiger partial charge in [0.05, 0.1) is 11.6 Å². The van der Waals surface area contributed by atoms with Gasteiger partial charge < -0.3 is 14.2 Å². The van der Waals surface area contributed by atoms with Crippen LogP contribution in [-0.4, -0.2) is 59.4 Å². The molecular formula is C17H24N2O3S. The number of thioether (sulfide) groups is 1. The molecule has 2 fully saturated rings. The number of carbonyl (C=O) groups excluding carboxylic acids is 1. The molecular weight excluding hydrogens is 312 g/mol. The summed E-state index contributed by atoms with van der Waals surface area (Å²) in [6.07, 6.45) is 6.15. The van der Waals surface area contributed by atoms with Gasteiger partial charge in [-0.25, -0.2) is 4.79 Å². The van der Waals surface area contributed by atoms with Crippen molar-refractivity contribution in [1.29, 1.82) is 0 Å². The van der Waals surface area contributed by atoms with E-state index in [1.54, 1.807) is 6.07 Å². The predicted octanol–water partition coefficient (Wildman–Crippen LogP) is 2.07. The molecule has 23 heavy (non-hydrogen) atoms. The van der Waals surface area contributed by atoms with Crippen molar-refractivity contribution in [2.75, 3.05) is 37.7 Å². The van der Waals surface area contributed by atoms with Crippen LogP contribution in [0.5, 0.6) is 0 Å². The highest BCUT2D eigenvalue weighted by Gasteiger charge is 2.28. The standard InChI is InChI=1S/C17H24N2O3S/c20-16-6-5-14(12-22-16)17(21)19-9-4-10-23-13-15(19)11-18-7-2-1-3-8-18/h5-6,12,15H,1-4,7-11,13H2. The van der Waals surface area contributed by atoms with E-state index in [4.69, 9.17) is 4.42 Å². The third-order valence-corrected chi connectivity index (χ3v) is 5.76. The topological polar surface area (TPSA) is 53.8 Å². The first kappa shape index (κ1) is 16.6. The Hall–Kier alpha value is -1.27. The molecule has 0 N–H and O–H groups in total. The minimum Gasteiger partial charge on any atom is -0.430 e. The van der Waals surface area contributed by atoms with Gasteiger partial charge in [-0.3, -0.25) is 4.79 Å². The smallest absolute Gasteiger partial charge is 0.335 e. The van der Waals surface area contributed by atoms with Crippen molar-refractivity contribution < 1.29 is 9.21 Å². The van der Waals surface area contributed by atoms with E-state index < -0.39 is 5.63 Å². The van der Waals surface area contributed by atoms with Crippen molar-refractivity contribution in [3.8, 4) is 0 Å². The second kappa shape index (κ2) is 8.02. The summed E-state index contributed by atoms with van der Waals surface area (Å²) in [6, 6.07) is 3.13. The summed E-state index contributed by atoms with van der Waals surface area (Å²) in [6.45, 7) is 4.02. The first-order valence-corrected chi connectivity index (χ1v) is 9.59. The molecule has 1 amide bonds. The van der Waals surface area contributed by atoms with Gasteiger partial charge in [0, 0.05) is 24.9 Å². The number of hydrogen-bond acceptors (Lipinski definition) is 5. The zero-order valence-corrected chi connectivity index (χ0v) is 14.2. The number of piperidine rings is 1. The number of nitrogens with zero attached hydrogens (tertiary/aromatic N) is 2. The summed E-state index contributed by atoms with van der Waals surface area (Å²) in [5.41, 5.74) is 0.0537. The molecule has 2 saturated heterocycles. The predicted molar refractivity (Wildman–Crippen MR) is 92.0 cm³/mol. The van der Waals surface area contributed by atoms with E-state index in [0.29, 0.717) is 5.56 Å². The molecule has 5 nitrogen and oxygen atoms in total. The van der Waals surface area contributed by atoms with Crippen molar-refractivity contribution in [3.05, 3.63) is 34.4 Å². The molecule has 0 aliphatic carbocycles. The van der Waals surface area contributed by atoms with Crippen LogP contribution in [0, 0.1) is 0 Å². The molecule has 0 bridgehead atoms. The van der Waals surface area contributed by atoms with E-state index in [1.165, 1.54) is 31.6 Å². The molecule has 0 spiro atoms. The van der Waals surface area contributed by atoms with Crippen molar-refractivity contribution in [1.82, 2.24) is 9.80 Å². The molecule has 0 aromatic carbocycles. The Morgan fingerprint density at radius 3 is 2.74 bits per heavy atom. The first-order valence-electron chi connectivity index (χ1n) is 8.44. The average Bonchev–Trinajstić information content (AvgIpc) is 2.81. The molecule has 3 rings (SSSR count). The number of hydrogen-bond donors (Lipinski definition) is 0. The Labute approximate surface area is 141 Å². The lowest BCUT2D eigenvalue weighted by atomic mass is 10.1. The summed E-state index contributed by atoms with van der Waals surface area (Å²) in [5.74, 6) is 2.07. The minimum atomic E-state index is -0.419. The van der Waals surface area contributed by atoms with Crippen LogP contribution in [-0.2, 0) is 0 Å². The molecule has 0 radical (unpaired) electrons. The highest BCUT2D eigenvalue weighted by atomic mass is 32.2. The maximum absolute atomic E-state index is 12.9. The SMILES string of the molecule is O=C(c1ccc(=O)oc1)N1CCCSCC1CN1CCCCC1. The van der Waals surface area contributed by atoms with Crippen molar-refractivity contribution in [2.45, 2.75) is 31.7 Å². The number of rotatable bonds is 3. The lowest BCUT2D eigenvalue weighted by Crippen LogP contribution is -2.49. The van der Waals surface area contributed by atoms with Crippen LogP contribution in [0.2, 0.25) is 0 Å². The fourth-order valence-electron chi connectivity index (χ4n) is 3.33. The molecule has 2 aliphatic heterocycles. The van der Waals surface area contributed by atoms with Crippen molar-refractivity contribution >= 4 is 17.7 Å². The van der Waals surface area contributed by atoms with Gasteiger partial charge in [0.15, 0.2) is 0 Å².